The predicted octanol–water partition coefficient (Wildman–Crippen LogP) is 0.376. The maximum Gasteiger partial charge on any atom is 0.332 e. The number of nitrogens with zero attached hydrogens (tertiary/aromatic N) is 4. The first kappa shape index (κ1) is 22.3. The van der Waals surface area contributed by atoms with Gasteiger partial charge in [-0.3, -0.25) is 13.9 Å². The Labute approximate surface area is 179 Å². The highest BCUT2D eigenvalue weighted by molar-refractivity contribution is 5.69. The van der Waals surface area contributed by atoms with E-state index >= 15 is 0 Å². The molecule has 0 aliphatic rings. The molecule has 0 amide bonds. The van der Waals surface area contributed by atoms with Gasteiger partial charge in [-0.15, -0.1) is 0 Å². The van der Waals surface area contributed by atoms with Crippen molar-refractivity contribution in [3.63, 3.8) is 0 Å². The van der Waals surface area contributed by atoms with Crippen LogP contribution in [0, 0.1) is 0 Å². The lowest BCUT2D eigenvalue weighted by Gasteiger charge is -2.13. The lowest BCUT2D eigenvalue weighted by molar-refractivity contribution is 0.106. The van der Waals surface area contributed by atoms with Gasteiger partial charge in [-0.25, -0.2) is 9.78 Å². The van der Waals surface area contributed by atoms with Crippen LogP contribution >= 0.6 is 0 Å². The molecule has 1 atom stereocenters. The van der Waals surface area contributed by atoms with E-state index in [-0.39, 0.29) is 12.2 Å². The van der Waals surface area contributed by atoms with E-state index in [0.717, 1.165) is 11.0 Å². The SMILES string of the molecule is C=COc1ccc(OCC(O)CNCCCn2cnc3c2c(=O)n(C)c(=O)n3C)cc1. The van der Waals surface area contributed by atoms with E-state index in [1.165, 1.54) is 17.9 Å². The lowest BCUT2D eigenvalue weighted by atomic mass is 10.3. The van der Waals surface area contributed by atoms with Gasteiger partial charge in [0.1, 0.15) is 24.2 Å². The molecule has 166 valence electrons. The van der Waals surface area contributed by atoms with Crippen molar-refractivity contribution in [1.82, 2.24) is 24.0 Å². The smallest absolute Gasteiger partial charge is 0.332 e. The Morgan fingerprint density at radius 2 is 1.90 bits per heavy atom. The first-order chi connectivity index (χ1) is 14.9. The molecule has 1 unspecified atom stereocenters. The maximum atomic E-state index is 12.4. The number of aromatic nitrogens is 4. The summed E-state index contributed by atoms with van der Waals surface area (Å²) in [5.74, 6) is 1.30. The summed E-state index contributed by atoms with van der Waals surface area (Å²) in [4.78, 5) is 28.6. The molecule has 0 aliphatic heterocycles. The molecular formula is C21H27N5O5. The Hall–Kier alpha value is -3.37. The summed E-state index contributed by atoms with van der Waals surface area (Å²) in [7, 11) is 3.05. The molecule has 0 radical (unpaired) electrons. The number of hydrogen-bond acceptors (Lipinski definition) is 7. The number of fused-ring (bicyclic) bond motifs is 1. The summed E-state index contributed by atoms with van der Waals surface area (Å²) in [6, 6.07) is 7.03. The Morgan fingerprint density at radius 3 is 2.61 bits per heavy atom. The molecule has 1 aromatic carbocycles. The molecule has 0 bridgehead atoms. The highest BCUT2D eigenvalue weighted by atomic mass is 16.5. The Kier molecular flexibility index (Phi) is 7.27. The van der Waals surface area contributed by atoms with Crippen LogP contribution in [0.1, 0.15) is 6.42 Å². The third-order valence-electron chi connectivity index (χ3n) is 4.84. The molecule has 2 heterocycles. The minimum Gasteiger partial charge on any atom is -0.491 e. The van der Waals surface area contributed by atoms with Crippen molar-refractivity contribution >= 4 is 11.2 Å². The van der Waals surface area contributed by atoms with Crippen LogP contribution in [-0.2, 0) is 20.6 Å². The second kappa shape index (κ2) is 10.1. The molecule has 3 rings (SSSR count). The van der Waals surface area contributed by atoms with E-state index in [1.54, 1.807) is 42.2 Å². The molecule has 0 aliphatic carbocycles. The largest absolute Gasteiger partial charge is 0.491 e. The fourth-order valence-electron chi connectivity index (χ4n) is 3.17. The zero-order valence-electron chi connectivity index (χ0n) is 17.7. The van der Waals surface area contributed by atoms with Gasteiger partial charge >= 0.3 is 5.69 Å². The van der Waals surface area contributed by atoms with E-state index in [4.69, 9.17) is 9.47 Å². The average Bonchev–Trinajstić information content (AvgIpc) is 3.20. The predicted molar refractivity (Wildman–Crippen MR) is 116 cm³/mol. The van der Waals surface area contributed by atoms with E-state index < -0.39 is 11.8 Å². The van der Waals surface area contributed by atoms with Crippen molar-refractivity contribution < 1.29 is 14.6 Å². The lowest BCUT2D eigenvalue weighted by Crippen LogP contribution is -2.37. The van der Waals surface area contributed by atoms with Crippen LogP contribution in [0.4, 0.5) is 0 Å². The van der Waals surface area contributed by atoms with Crippen LogP contribution in [0.5, 0.6) is 11.5 Å². The Bertz CT molecular complexity index is 1150. The number of imidazole rings is 1. The fourth-order valence-corrected chi connectivity index (χ4v) is 3.17. The number of rotatable bonds is 11. The molecule has 10 nitrogen and oxygen atoms in total. The van der Waals surface area contributed by atoms with Crippen molar-refractivity contribution in [3.8, 4) is 11.5 Å². The van der Waals surface area contributed by atoms with Gasteiger partial charge < -0.3 is 24.5 Å². The molecule has 2 N–H and O–H groups in total. The van der Waals surface area contributed by atoms with Crippen molar-refractivity contribution in [2.45, 2.75) is 19.1 Å². The van der Waals surface area contributed by atoms with Crippen LogP contribution < -0.4 is 26.0 Å². The van der Waals surface area contributed by atoms with Gasteiger partial charge in [0.05, 0.1) is 12.6 Å². The molecule has 10 heteroatoms. The number of aliphatic hydroxyl groups is 1. The maximum absolute atomic E-state index is 12.4. The van der Waals surface area contributed by atoms with Gasteiger partial charge in [0.2, 0.25) is 0 Å². The molecular weight excluding hydrogens is 402 g/mol. The third kappa shape index (κ3) is 5.22. The van der Waals surface area contributed by atoms with Gasteiger partial charge in [-0.1, -0.05) is 6.58 Å². The molecule has 31 heavy (non-hydrogen) atoms. The summed E-state index contributed by atoms with van der Waals surface area (Å²) in [5.41, 5.74) is 0.0159. The van der Waals surface area contributed by atoms with Crippen molar-refractivity contribution in [2.24, 2.45) is 14.1 Å². The zero-order chi connectivity index (χ0) is 22.4. The molecule has 3 aromatic rings. The zero-order valence-corrected chi connectivity index (χ0v) is 17.7. The number of hydrogen-bond donors (Lipinski definition) is 2. The third-order valence-corrected chi connectivity index (χ3v) is 4.84. The number of aliphatic hydroxyl groups excluding tert-OH is 1. The second-order valence-corrected chi connectivity index (χ2v) is 7.09. The quantitative estimate of drug-likeness (QED) is 0.335. The summed E-state index contributed by atoms with van der Waals surface area (Å²) >= 11 is 0. The van der Waals surface area contributed by atoms with Crippen molar-refractivity contribution in [1.29, 1.82) is 0 Å². The van der Waals surface area contributed by atoms with E-state index in [2.05, 4.69) is 16.9 Å². The minimum absolute atomic E-state index is 0.158. The van der Waals surface area contributed by atoms with Crippen LogP contribution in [0.2, 0.25) is 0 Å². The molecule has 0 saturated heterocycles. The van der Waals surface area contributed by atoms with Gasteiger partial charge in [-0.2, -0.15) is 0 Å². The highest BCUT2D eigenvalue weighted by Gasteiger charge is 2.14. The Balaban J connectivity index is 1.43. The normalized spacial score (nSPS) is 12.1. The number of benzene rings is 1. The summed E-state index contributed by atoms with van der Waals surface area (Å²) < 4.78 is 14.9. The van der Waals surface area contributed by atoms with E-state index in [9.17, 15) is 14.7 Å². The fraction of sp³-hybridized carbons (Fsp3) is 0.381. The number of ether oxygens (including phenoxy) is 2. The second-order valence-electron chi connectivity index (χ2n) is 7.09. The van der Waals surface area contributed by atoms with Gasteiger partial charge in [0, 0.05) is 27.2 Å². The first-order valence-corrected chi connectivity index (χ1v) is 9.92. The van der Waals surface area contributed by atoms with Crippen LogP contribution in [0.3, 0.4) is 0 Å². The molecule has 0 saturated carbocycles. The average molecular weight is 429 g/mol. The van der Waals surface area contributed by atoms with Gasteiger partial charge in [0.15, 0.2) is 11.2 Å². The molecule has 2 aromatic heterocycles. The first-order valence-electron chi connectivity index (χ1n) is 9.92. The standard InChI is InChI=1S/C21H27N5O5/c1-4-30-16-6-8-17(9-7-16)31-13-15(27)12-22-10-5-11-26-14-23-19-18(26)20(28)25(3)21(29)24(19)2/h4,6-9,14-15,22,27H,1,5,10-13H2,2-3H3. The van der Waals surface area contributed by atoms with E-state index in [1.807, 2.05) is 0 Å². The summed E-state index contributed by atoms with van der Waals surface area (Å²) in [6.45, 7) is 5.22. The molecule has 0 fully saturated rings. The Morgan fingerprint density at radius 1 is 1.19 bits per heavy atom. The topological polar surface area (TPSA) is 113 Å². The number of nitrogens with one attached hydrogen (secondary N) is 1. The van der Waals surface area contributed by atoms with Crippen molar-refractivity contribution in [2.75, 3.05) is 19.7 Å². The van der Waals surface area contributed by atoms with Crippen molar-refractivity contribution in [3.05, 3.63) is 64.3 Å². The van der Waals surface area contributed by atoms with Gasteiger partial charge in [-0.05, 0) is 37.2 Å². The van der Waals surface area contributed by atoms with Gasteiger partial charge in [0.25, 0.3) is 5.56 Å². The minimum atomic E-state index is -0.667. The number of aryl methyl sites for hydroxylation is 2. The van der Waals surface area contributed by atoms with E-state index in [0.29, 0.717) is 42.3 Å². The van der Waals surface area contributed by atoms with Crippen LogP contribution in [0.25, 0.3) is 11.2 Å². The monoisotopic (exact) mass is 429 g/mol. The highest BCUT2D eigenvalue weighted by Crippen LogP contribution is 2.17. The molecule has 0 spiro atoms. The summed E-state index contributed by atoms with van der Waals surface area (Å²) in [5, 5.41) is 13.3. The van der Waals surface area contributed by atoms with Crippen LogP contribution in [-0.4, -0.2) is 49.6 Å². The van der Waals surface area contributed by atoms with Crippen LogP contribution in [0.15, 0.2) is 53.0 Å². The summed E-state index contributed by atoms with van der Waals surface area (Å²) in [6.07, 6.45) is 2.97.